The van der Waals surface area contributed by atoms with Gasteiger partial charge in [0.05, 0.1) is 17.5 Å². The van der Waals surface area contributed by atoms with Crippen molar-refractivity contribution in [2.45, 2.75) is 6.42 Å². The molecule has 1 aromatic carbocycles. The predicted octanol–water partition coefficient (Wildman–Crippen LogP) is 0.973. The van der Waals surface area contributed by atoms with Crippen molar-refractivity contribution in [1.82, 2.24) is 14.9 Å². The van der Waals surface area contributed by atoms with Crippen LogP contribution in [0.1, 0.15) is 16.8 Å². The number of aromatic nitrogens is 3. The molecule has 1 N–H and O–H groups in total. The topological polar surface area (TPSA) is 97.2 Å². The van der Waals surface area contributed by atoms with Gasteiger partial charge in [-0.05, 0) is 42.5 Å². The maximum atomic E-state index is 12.8. The number of rotatable bonds is 3. The molecular formula is C18H15N5O3. The average Bonchev–Trinajstić information content (AvgIpc) is 3.41. The van der Waals surface area contributed by atoms with E-state index in [0.29, 0.717) is 11.3 Å². The Morgan fingerprint density at radius 2 is 1.54 bits per heavy atom. The first-order chi connectivity index (χ1) is 12.6. The molecule has 2 heterocycles. The van der Waals surface area contributed by atoms with E-state index in [9.17, 15) is 14.4 Å². The van der Waals surface area contributed by atoms with Crippen LogP contribution in [0.5, 0.6) is 0 Å². The summed E-state index contributed by atoms with van der Waals surface area (Å²) in [5, 5.41) is 7.22. The maximum Gasteiger partial charge on any atom is 0.270 e. The van der Waals surface area contributed by atoms with E-state index in [1.165, 1.54) is 22.2 Å². The Bertz CT molecular complexity index is 904. The van der Waals surface area contributed by atoms with Gasteiger partial charge in [0.2, 0.25) is 11.8 Å². The number of carbonyl (C=O) groups excluding carboxylic acids is 3. The fourth-order valence-corrected chi connectivity index (χ4v) is 4.36. The van der Waals surface area contributed by atoms with Gasteiger partial charge in [-0.1, -0.05) is 12.2 Å². The number of amides is 3. The molecule has 1 saturated heterocycles. The van der Waals surface area contributed by atoms with Crippen LogP contribution in [0.3, 0.4) is 0 Å². The highest BCUT2D eigenvalue weighted by atomic mass is 16.2. The monoisotopic (exact) mass is 349 g/mol. The summed E-state index contributed by atoms with van der Waals surface area (Å²) in [7, 11) is 0. The Balaban J connectivity index is 1.37. The smallest absolute Gasteiger partial charge is 0.270 e. The molecule has 5 rings (SSSR count). The van der Waals surface area contributed by atoms with Gasteiger partial charge in [-0.25, -0.2) is 4.68 Å². The number of hydrogen-bond acceptors (Lipinski definition) is 5. The van der Waals surface area contributed by atoms with Crippen molar-refractivity contribution in [1.29, 1.82) is 0 Å². The van der Waals surface area contributed by atoms with Crippen molar-refractivity contribution in [3.05, 3.63) is 54.6 Å². The van der Waals surface area contributed by atoms with Gasteiger partial charge >= 0.3 is 0 Å². The molecule has 3 amide bonds. The van der Waals surface area contributed by atoms with Gasteiger partial charge in [0.15, 0.2) is 0 Å². The third kappa shape index (κ3) is 2.05. The highest BCUT2D eigenvalue weighted by Gasteiger charge is 2.59. The van der Waals surface area contributed by atoms with Crippen molar-refractivity contribution in [3.8, 4) is 0 Å². The molecule has 130 valence electrons. The molecule has 8 heteroatoms. The molecule has 0 spiro atoms. The number of carbonyl (C=O) groups is 3. The zero-order valence-corrected chi connectivity index (χ0v) is 13.6. The number of benzene rings is 1. The zero-order chi connectivity index (χ0) is 17.8. The molecule has 0 radical (unpaired) electrons. The number of allylic oxidation sites excluding steroid dienone is 2. The molecule has 4 atom stereocenters. The highest BCUT2D eigenvalue weighted by Crippen LogP contribution is 2.53. The van der Waals surface area contributed by atoms with Gasteiger partial charge in [0.25, 0.3) is 5.91 Å². The quantitative estimate of drug-likeness (QED) is 0.658. The van der Waals surface area contributed by atoms with Crippen molar-refractivity contribution in [2.75, 3.05) is 10.3 Å². The van der Waals surface area contributed by atoms with Gasteiger partial charge in [-0.3, -0.25) is 24.7 Å². The number of fused-ring (bicyclic) bond motifs is 5. The summed E-state index contributed by atoms with van der Waals surface area (Å²) in [5.74, 6) is -0.685. The maximum absolute atomic E-state index is 12.8. The number of nitrogens with zero attached hydrogens (tertiary/aromatic N) is 4. The first kappa shape index (κ1) is 15.0. The Morgan fingerprint density at radius 1 is 0.962 bits per heavy atom. The third-order valence-electron chi connectivity index (χ3n) is 5.51. The molecule has 2 bridgehead atoms. The summed E-state index contributed by atoms with van der Waals surface area (Å²) in [6, 6.07) is 6.45. The standard InChI is InChI=1S/C18H15N5O3/c24-16(21-22-8-19-20-9-22)10-3-5-13(6-4-10)23-17(25)14-11-1-2-12(7-11)15(14)18(23)26/h1-6,8-9,11-12,14-15H,7H2,(H,21,24)/t11-,12+,14-,15-/m0/s1. The lowest BCUT2D eigenvalue weighted by molar-refractivity contribution is -0.123. The van der Waals surface area contributed by atoms with E-state index in [1.54, 1.807) is 24.3 Å². The van der Waals surface area contributed by atoms with Crippen molar-refractivity contribution in [2.24, 2.45) is 23.7 Å². The van der Waals surface area contributed by atoms with E-state index in [0.717, 1.165) is 6.42 Å². The minimum atomic E-state index is -0.338. The minimum Gasteiger partial charge on any atom is -0.274 e. The first-order valence-electron chi connectivity index (χ1n) is 8.45. The Hall–Kier alpha value is -3.29. The fourth-order valence-electron chi connectivity index (χ4n) is 4.36. The van der Waals surface area contributed by atoms with Crippen LogP contribution >= 0.6 is 0 Å². The van der Waals surface area contributed by atoms with Gasteiger partial charge < -0.3 is 0 Å². The highest BCUT2D eigenvalue weighted by molar-refractivity contribution is 6.22. The minimum absolute atomic E-state index is 0.126. The van der Waals surface area contributed by atoms with Crippen molar-refractivity contribution in [3.63, 3.8) is 0 Å². The molecule has 0 unspecified atom stereocenters. The first-order valence-corrected chi connectivity index (χ1v) is 8.45. The second kappa shape index (κ2) is 5.35. The van der Waals surface area contributed by atoms with E-state index in [-0.39, 0.29) is 41.4 Å². The Kier molecular flexibility index (Phi) is 3.09. The molecular weight excluding hydrogens is 334 g/mol. The lowest BCUT2D eigenvalue weighted by Crippen LogP contribution is -2.32. The van der Waals surface area contributed by atoms with Crippen LogP contribution in [0, 0.1) is 23.7 Å². The van der Waals surface area contributed by atoms with Crippen LogP contribution in [0.4, 0.5) is 5.69 Å². The van der Waals surface area contributed by atoms with E-state index < -0.39 is 0 Å². The Morgan fingerprint density at radius 3 is 2.12 bits per heavy atom. The summed E-state index contributed by atoms with van der Waals surface area (Å²) in [5.41, 5.74) is 3.51. The molecule has 2 aliphatic carbocycles. The molecule has 8 nitrogen and oxygen atoms in total. The molecule has 2 fully saturated rings. The molecule has 1 aromatic heterocycles. The molecule has 1 saturated carbocycles. The predicted molar refractivity (Wildman–Crippen MR) is 90.4 cm³/mol. The molecule has 2 aromatic rings. The van der Waals surface area contributed by atoms with Crippen LogP contribution in [0.25, 0.3) is 0 Å². The van der Waals surface area contributed by atoms with Crippen LogP contribution in [-0.2, 0) is 9.59 Å². The summed E-state index contributed by atoms with van der Waals surface area (Å²) in [6.07, 6.45) is 7.78. The van der Waals surface area contributed by atoms with Gasteiger partial charge in [-0.15, -0.1) is 10.2 Å². The lowest BCUT2D eigenvalue weighted by Gasteiger charge is -2.17. The molecule has 3 aliphatic rings. The van der Waals surface area contributed by atoms with Crippen molar-refractivity contribution < 1.29 is 14.4 Å². The van der Waals surface area contributed by atoms with E-state index in [4.69, 9.17) is 0 Å². The van der Waals surface area contributed by atoms with Crippen LogP contribution in [0.2, 0.25) is 0 Å². The van der Waals surface area contributed by atoms with Crippen LogP contribution in [0.15, 0.2) is 49.1 Å². The molecule has 26 heavy (non-hydrogen) atoms. The van der Waals surface area contributed by atoms with Crippen LogP contribution < -0.4 is 10.3 Å². The number of anilines is 1. The van der Waals surface area contributed by atoms with Gasteiger partial charge in [0.1, 0.15) is 12.7 Å². The van der Waals surface area contributed by atoms with E-state index in [2.05, 4.69) is 27.8 Å². The van der Waals surface area contributed by atoms with Crippen LogP contribution in [-0.4, -0.2) is 32.6 Å². The summed E-state index contributed by atoms with van der Waals surface area (Å²) >= 11 is 0. The number of hydrogen-bond donors (Lipinski definition) is 1. The molecule has 1 aliphatic heterocycles. The summed E-state index contributed by atoms with van der Waals surface area (Å²) in [6.45, 7) is 0. The number of nitrogens with one attached hydrogen (secondary N) is 1. The van der Waals surface area contributed by atoms with Gasteiger partial charge in [0, 0.05) is 5.56 Å². The summed E-state index contributed by atoms with van der Waals surface area (Å²) < 4.78 is 1.34. The lowest BCUT2D eigenvalue weighted by atomic mass is 9.85. The average molecular weight is 349 g/mol. The number of imide groups is 1. The SMILES string of the molecule is O=C(Nn1cnnc1)c1ccc(N2C(=O)[C@@H]3[C@@H](C2=O)[C@H]2C=C[C@@H]3C2)cc1. The third-order valence-corrected chi connectivity index (χ3v) is 5.51. The normalized spacial score (nSPS) is 28.7. The zero-order valence-electron chi connectivity index (χ0n) is 13.6. The van der Waals surface area contributed by atoms with Crippen molar-refractivity contribution >= 4 is 23.4 Å². The Labute approximate surface area is 148 Å². The second-order valence-electron chi connectivity index (χ2n) is 6.87. The van der Waals surface area contributed by atoms with Gasteiger partial charge in [-0.2, -0.15) is 0 Å². The van der Waals surface area contributed by atoms with E-state index in [1.807, 2.05) is 0 Å². The second-order valence-corrected chi connectivity index (χ2v) is 6.87. The fraction of sp³-hybridized carbons (Fsp3) is 0.278. The largest absolute Gasteiger partial charge is 0.274 e. The summed E-state index contributed by atoms with van der Waals surface area (Å²) in [4.78, 5) is 39.1. The van der Waals surface area contributed by atoms with E-state index >= 15 is 0 Å².